The second-order valence-corrected chi connectivity index (χ2v) is 3.26. The summed E-state index contributed by atoms with van der Waals surface area (Å²) in [7, 11) is 0. The summed E-state index contributed by atoms with van der Waals surface area (Å²) >= 11 is 1.54. The largest absolute Gasteiger partial charge is 0.366 e. The van der Waals surface area contributed by atoms with E-state index in [-0.39, 0.29) is 5.91 Å². The maximum Gasteiger partial charge on any atom is 0.245 e. The van der Waals surface area contributed by atoms with Crippen LogP contribution in [0.4, 0.5) is 0 Å². The van der Waals surface area contributed by atoms with Crippen LogP contribution >= 0.6 is 11.3 Å². The zero-order valence-electron chi connectivity index (χ0n) is 5.70. The van der Waals surface area contributed by atoms with Gasteiger partial charge in [0.2, 0.25) is 5.91 Å². The molecule has 1 aliphatic rings. The predicted octanol–water partition coefficient (Wildman–Crippen LogP) is 0.568. The minimum Gasteiger partial charge on any atom is -0.366 e. The molecule has 1 aromatic rings. The van der Waals surface area contributed by atoms with Gasteiger partial charge in [0.25, 0.3) is 0 Å². The van der Waals surface area contributed by atoms with Crippen molar-refractivity contribution in [3.05, 3.63) is 21.7 Å². The van der Waals surface area contributed by atoms with Gasteiger partial charge in [-0.1, -0.05) is 0 Å². The van der Waals surface area contributed by atoms with Crippen LogP contribution in [0.5, 0.6) is 0 Å². The molecule has 1 heterocycles. The molecule has 0 spiro atoms. The van der Waals surface area contributed by atoms with E-state index in [1.165, 1.54) is 11.3 Å². The minimum atomic E-state index is -0.338. The molecule has 56 valence electrons. The summed E-state index contributed by atoms with van der Waals surface area (Å²) in [5.41, 5.74) is 8.52. The van der Waals surface area contributed by atoms with Gasteiger partial charge in [-0.2, -0.15) is 0 Å². The topological polar surface area (TPSA) is 56.0 Å². The molecule has 1 aliphatic carbocycles. The molecule has 0 aromatic carbocycles. The lowest BCUT2D eigenvalue weighted by Crippen LogP contribution is -2.13. The van der Waals surface area contributed by atoms with Crippen LogP contribution in [0.15, 0.2) is 11.1 Å². The summed E-state index contributed by atoms with van der Waals surface area (Å²) in [6.45, 7) is 0. The molecule has 1 aromatic heterocycles. The van der Waals surface area contributed by atoms with Crippen molar-refractivity contribution in [1.29, 1.82) is 0 Å². The maximum absolute atomic E-state index is 10.7. The van der Waals surface area contributed by atoms with Crippen molar-refractivity contribution in [2.75, 3.05) is 0 Å². The van der Waals surface area contributed by atoms with Crippen molar-refractivity contribution < 1.29 is 4.79 Å². The SMILES string of the molecule is NC(=O)C1=Cc2scnc2C1. The molecular formula is C7H6N2OS. The van der Waals surface area contributed by atoms with Gasteiger partial charge < -0.3 is 5.73 Å². The molecule has 0 atom stereocenters. The van der Waals surface area contributed by atoms with Crippen molar-refractivity contribution in [1.82, 2.24) is 4.98 Å². The smallest absolute Gasteiger partial charge is 0.245 e. The molecule has 0 saturated carbocycles. The fourth-order valence-corrected chi connectivity index (χ4v) is 1.84. The Morgan fingerprint density at radius 2 is 2.55 bits per heavy atom. The molecule has 0 unspecified atom stereocenters. The quantitative estimate of drug-likeness (QED) is 0.663. The third kappa shape index (κ3) is 0.952. The van der Waals surface area contributed by atoms with Crippen LogP contribution < -0.4 is 5.73 Å². The second-order valence-electron chi connectivity index (χ2n) is 2.37. The highest BCUT2D eigenvalue weighted by molar-refractivity contribution is 7.10. The van der Waals surface area contributed by atoms with Crippen LogP contribution in [0, 0.1) is 0 Å². The standard InChI is InChI=1S/C7H6N2OS/c8-7(10)4-1-5-6(2-4)11-3-9-5/h2-3H,1H2,(H2,8,10). The first kappa shape index (κ1) is 6.54. The Morgan fingerprint density at radius 1 is 1.73 bits per heavy atom. The number of amides is 1. The molecular weight excluding hydrogens is 160 g/mol. The second kappa shape index (κ2) is 2.17. The molecule has 1 amide bonds. The van der Waals surface area contributed by atoms with E-state index >= 15 is 0 Å². The molecule has 0 bridgehead atoms. The van der Waals surface area contributed by atoms with Crippen LogP contribution in [-0.4, -0.2) is 10.9 Å². The number of carbonyl (C=O) groups is 1. The molecule has 4 heteroatoms. The van der Waals surface area contributed by atoms with Gasteiger partial charge in [0.05, 0.1) is 16.1 Å². The number of nitrogens with two attached hydrogens (primary N) is 1. The first-order valence-electron chi connectivity index (χ1n) is 3.20. The van der Waals surface area contributed by atoms with Crippen molar-refractivity contribution in [3.63, 3.8) is 0 Å². The summed E-state index contributed by atoms with van der Waals surface area (Å²) < 4.78 is 0. The lowest BCUT2D eigenvalue weighted by atomic mass is 10.2. The van der Waals surface area contributed by atoms with Gasteiger partial charge in [0, 0.05) is 12.0 Å². The molecule has 2 N–H and O–H groups in total. The van der Waals surface area contributed by atoms with Crippen LogP contribution in [-0.2, 0) is 11.2 Å². The zero-order chi connectivity index (χ0) is 7.84. The highest BCUT2D eigenvalue weighted by Crippen LogP contribution is 2.26. The van der Waals surface area contributed by atoms with Gasteiger partial charge in [-0.3, -0.25) is 4.79 Å². The zero-order valence-corrected chi connectivity index (χ0v) is 6.52. The van der Waals surface area contributed by atoms with Gasteiger partial charge in [-0.25, -0.2) is 4.98 Å². The number of aromatic nitrogens is 1. The highest BCUT2D eigenvalue weighted by atomic mass is 32.1. The molecule has 2 rings (SSSR count). The number of fused-ring (bicyclic) bond motifs is 1. The Morgan fingerprint density at radius 3 is 3.18 bits per heavy atom. The summed E-state index contributed by atoms with van der Waals surface area (Å²) in [5, 5.41) is 0. The van der Waals surface area contributed by atoms with E-state index in [1.54, 1.807) is 5.51 Å². The van der Waals surface area contributed by atoms with Crippen LogP contribution in [0.25, 0.3) is 6.08 Å². The Kier molecular flexibility index (Phi) is 1.29. The van der Waals surface area contributed by atoms with Gasteiger partial charge in [0.15, 0.2) is 0 Å². The number of thiazole rings is 1. The summed E-state index contributed by atoms with van der Waals surface area (Å²) in [5.74, 6) is -0.338. The van der Waals surface area contributed by atoms with E-state index in [9.17, 15) is 4.79 Å². The van der Waals surface area contributed by atoms with Crippen LogP contribution in [0.3, 0.4) is 0 Å². The molecule has 0 saturated heterocycles. The molecule has 0 radical (unpaired) electrons. The van der Waals surface area contributed by atoms with Crippen molar-refractivity contribution in [2.24, 2.45) is 5.73 Å². The highest BCUT2D eigenvalue weighted by Gasteiger charge is 2.17. The third-order valence-electron chi connectivity index (χ3n) is 1.65. The van der Waals surface area contributed by atoms with Gasteiger partial charge in [-0.05, 0) is 6.08 Å². The van der Waals surface area contributed by atoms with Crippen molar-refractivity contribution in [3.8, 4) is 0 Å². The van der Waals surface area contributed by atoms with Gasteiger partial charge in [-0.15, -0.1) is 11.3 Å². The van der Waals surface area contributed by atoms with E-state index in [0.29, 0.717) is 12.0 Å². The molecule has 11 heavy (non-hydrogen) atoms. The van der Waals surface area contributed by atoms with Crippen LogP contribution in [0.2, 0.25) is 0 Å². The van der Waals surface area contributed by atoms with Crippen molar-refractivity contribution >= 4 is 23.3 Å². The number of rotatable bonds is 1. The van der Waals surface area contributed by atoms with Gasteiger partial charge in [0.1, 0.15) is 0 Å². The van der Waals surface area contributed by atoms with E-state index in [2.05, 4.69) is 4.98 Å². The Bertz CT molecular complexity index is 340. The third-order valence-corrected chi connectivity index (χ3v) is 2.47. The molecule has 3 nitrogen and oxygen atoms in total. The lowest BCUT2D eigenvalue weighted by molar-refractivity contribution is -0.114. The Hall–Kier alpha value is -1.16. The summed E-state index contributed by atoms with van der Waals surface area (Å²) in [6, 6.07) is 0. The van der Waals surface area contributed by atoms with Crippen molar-refractivity contribution in [2.45, 2.75) is 6.42 Å². The molecule has 0 fully saturated rings. The fraction of sp³-hybridized carbons (Fsp3) is 0.143. The number of hydrogen-bond donors (Lipinski definition) is 1. The summed E-state index contributed by atoms with van der Waals surface area (Å²) in [4.78, 5) is 15.9. The average molecular weight is 166 g/mol. The minimum absolute atomic E-state index is 0.338. The number of primary amides is 1. The van der Waals surface area contributed by atoms with Gasteiger partial charge >= 0.3 is 0 Å². The Balaban J connectivity index is 2.38. The van der Waals surface area contributed by atoms with E-state index in [4.69, 9.17) is 5.73 Å². The number of carbonyl (C=O) groups excluding carboxylic acids is 1. The molecule has 0 aliphatic heterocycles. The fourth-order valence-electron chi connectivity index (χ4n) is 1.08. The Labute approximate surface area is 67.6 Å². The van der Waals surface area contributed by atoms with Crippen LogP contribution in [0.1, 0.15) is 10.6 Å². The predicted molar refractivity (Wildman–Crippen MR) is 43.0 cm³/mol. The first-order chi connectivity index (χ1) is 5.27. The monoisotopic (exact) mass is 166 g/mol. The number of hydrogen-bond acceptors (Lipinski definition) is 3. The van der Waals surface area contributed by atoms with E-state index < -0.39 is 0 Å². The number of nitrogens with zero attached hydrogens (tertiary/aromatic N) is 1. The van der Waals surface area contributed by atoms with E-state index in [1.807, 2.05) is 6.08 Å². The normalized spacial score (nSPS) is 14.4. The summed E-state index contributed by atoms with van der Waals surface area (Å²) in [6.07, 6.45) is 2.42. The average Bonchev–Trinajstić information content (AvgIpc) is 2.40. The maximum atomic E-state index is 10.7. The lowest BCUT2D eigenvalue weighted by Gasteiger charge is -1.90. The first-order valence-corrected chi connectivity index (χ1v) is 4.08. The van der Waals surface area contributed by atoms with E-state index in [0.717, 1.165) is 10.6 Å².